The van der Waals surface area contributed by atoms with Crippen LogP contribution < -0.4 is 228 Å². The fraction of sp³-hybridized carbons (Fsp3) is 0.203. The van der Waals surface area contributed by atoms with E-state index in [1.54, 1.807) is 72.7 Å². The summed E-state index contributed by atoms with van der Waals surface area (Å²) in [6, 6.07) is 34.2. The van der Waals surface area contributed by atoms with Crippen LogP contribution in [0, 0.1) is 38.2 Å². The molecule has 1 atom stereocenters. The number of ketones is 2. The Kier molecular flexibility index (Phi) is 46.5. The van der Waals surface area contributed by atoms with Crippen molar-refractivity contribution < 1.29 is 264 Å². The van der Waals surface area contributed by atoms with E-state index in [1.807, 2.05) is 120 Å². The number of anilines is 9. The minimum absolute atomic E-state index is 0. The number of fused-ring (bicyclic) bond motifs is 1. The second-order valence-electron chi connectivity index (χ2n) is 24.2. The van der Waals surface area contributed by atoms with Gasteiger partial charge in [0, 0.05) is 107 Å². The Labute approximate surface area is 849 Å². The minimum atomic E-state index is -0.639. The summed E-state index contributed by atoms with van der Waals surface area (Å²) in [6.45, 7) is 9.32. The van der Waals surface area contributed by atoms with E-state index in [0.717, 1.165) is 70.6 Å². The van der Waals surface area contributed by atoms with Crippen molar-refractivity contribution in [2.24, 2.45) is 0 Å². The first kappa shape index (κ1) is 105. The number of carbonyl (C=O) groups excluding carboxylic acids is 6. The zero-order valence-electron chi connectivity index (χ0n) is 70.0. The van der Waals surface area contributed by atoms with Gasteiger partial charge in [-0.2, -0.15) is 15.0 Å². The molecule has 7 heterocycles. The zero-order valence-corrected chi connectivity index (χ0v) is 85.1. The van der Waals surface area contributed by atoms with Crippen LogP contribution in [-0.2, 0) is 38.5 Å². The van der Waals surface area contributed by atoms with Crippen LogP contribution in [0.2, 0.25) is 0 Å². The Morgan fingerprint density at radius 1 is 0.574 bits per heavy atom. The van der Waals surface area contributed by atoms with Crippen LogP contribution in [0.1, 0.15) is 71.6 Å². The number of hydrogen-bond donors (Lipinski definition) is 6. The van der Waals surface area contributed by atoms with Crippen molar-refractivity contribution in [3.63, 3.8) is 0 Å². The van der Waals surface area contributed by atoms with Crippen LogP contribution in [0.5, 0.6) is 34.5 Å². The SMILES string of the molecule is CC(=O)OOC(C)=O.CNc1nc(Nc2ccc(-n3cnc(C)c3)c(OC)c2)ncc1O.CNc1nc(Nc2ccc(-n3cnc(C)c3)c(OC)c2)ncc1OCC(=O)c1ccc(F)cc1.COc1cc(Nc2ncc3c(n2)N(C)C(c2ccc(F)cc2)CO3)ccc1-n1cnc(C)c1.O=C(CBr)c1ccc(F)cc1.O=CO[O-].[B-]OC(C)=O.[Cs+].[Cs+].[H-].[Na+]. The molecule has 1 aliphatic heterocycles. The van der Waals surface area contributed by atoms with Gasteiger partial charge in [0.1, 0.15) is 41.3 Å². The molecule has 0 bridgehead atoms. The molecule has 0 saturated carbocycles. The molecule has 0 saturated heterocycles. The molecule has 0 aliphatic carbocycles. The van der Waals surface area contributed by atoms with Crippen LogP contribution in [0.15, 0.2) is 184 Å². The Morgan fingerprint density at radius 2 is 0.951 bits per heavy atom. The van der Waals surface area contributed by atoms with Gasteiger partial charge < -0.3 is 98.3 Å². The molecule has 12 aromatic rings. The Balaban J connectivity index is 0.000000409. The molecule has 0 amide bonds. The monoisotopic (exact) mass is 1990 g/mol. The van der Waals surface area contributed by atoms with Gasteiger partial charge in [0.2, 0.25) is 23.8 Å². The van der Waals surface area contributed by atoms with Gasteiger partial charge in [0.15, 0.2) is 52.9 Å². The third-order valence-electron chi connectivity index (χ3n) is 15.8. The number of likely N-dealkylation sites (N-methyl/N-ethyl adjacent to an activating group) is 1. The van der Waals surface area contributed by atoms with Crippen molar-refractivity contribution in [1.82, 2.24) is 58.6 Å². The Morgan fingerprint density at radius 3 is 1.31 bits per heavy atom. The molecule has 623 valence electrons. The fourth-order valence-electron chi connectivity index (χ4n) is 10.2. The number of alkyl halides is 1. The molecular formula is C79H81BBrCs2F3N18NaO17. The van der Waals surface area contributed by atoms with E-state index in [0.29, 0.717) is 81.8 Å². The molecule has 3 radical (unpaired) electrons. The van der Waals surface area contributed by atoms with Gasteiger partial charge in [-0.1, -0.05) is 28.1 Å². The van der Waals surface area contributed by atoms with E-state index in [1.165, 1.54) is 80.0 Å². The number of aromatic hydroxyl groups is 1. The van der Waals surface area contributed by atoms with E-state index < -0.39 is 23.7 Å². The van der Waals surface area contributed by atoms with E-state index in [9.17, 15) is 42.3 Å². The number of methoxy groups -OCH3 is 3. The predicted molar refractivity (Wildman–Crippen MR) is 434 cm³/mol. The normalized spacial score (nSPS) is 10.9. The topological polar surface area (TPSA) is 423 Å². The zero-order chi connectivity index (χ0) is 86.7. The molecule has 0 fully saturated rings. The average Bonchev–Trinajstić information content (AvgIpc) is 1.46. The van der Waals surface area contributed by atoms with Gasteiger partial charge in [-0.05, 0) is 123 Å². The number of halogens is 4. The van der Waals surface area contributed by atoms with Crippen molar-refractivity contribution >= 4 is 112 Å². The van der Waals surface area contributed by atoms with Crippen LogP contribution >= 0.6 is 15.9 Å². The molecule has 13 rings (SSSR count). The number of rotatable bonds is 22. The Bertz CT molecular complexity index is 5380. The number of benzene rings is 6. The summed E-state index contributed by atoms with van der Waals surface area (Å²) in [4.78, 5) is 112. The third kappa shape index (κ3) is 33.2. The van der Waals surface area contributed by atoms with Crippen LogP contribution in [0.3, 0.4) is 0 Å². The first-order valence-corrected chi connectivity index (χ1v) is 36.1. The summed E-state index contributed by atoms with van der Waals surface area (Å²) in [5.74, 6) is 2.40. The quantitative estimate of drug-likeness (QED) is 0.0142. The smallest absolute Gasteiger partial charge is 1.00 e. The van der Waals surface area contributed by atoms with Crippen LogP contribution in [-0.4, -0.2) is 169 Å². The number of aryl methyl sites for hydroxylation is 3. The summed E-state index contributed by atoms with van der Waals surface area (Å²) < 4.78 is 76.1. The summed E-state index contributed by atoms with van der Waals surface area (Å²) >= 11 is 3.03. The van der Waals surface area contributed by atoms with E-state index >= 15 is 0 Å². The van der Waals surface area contributed by atoms with E-state index in [2.05, 4.69) is 115 Å². The molecule has 1 unspecified atom stereocenters. The van der Waals surface area contributed by atoms with E-state index in [-0.39, 0.29) is 222 Å². The van der Waals surface area contributed by atoms with Gasteiger partial charge in [-0.3, -0.25) is 19.2 Å². The molecule has 6 aromatic heterocycles. The molecular weight excluding hydrogens is 1910 g/mol. The number of aromatic nitrogens is 12. The standard InChI is InChI=1S/C24H23FN6O3.C24H23FN6O2.C16H18N6O2.C8H6BrFO.C4H6O4.C2H3BO2.CH2O3.2Cs.Na.H/c1-15-12-31(14-28-15)19-9-8-18(10-21(19)33-3)29-24-27-11-22(23(26-2)30-24)34-13-20(32)16-4-6-17(25)7-5-16;1-15-12-31(14-27-15)19-9-8-18(10-21(19)32-3)28-24-26-11-22-23(29-24)30(2)20(13-33-22)16-4-6-17(25)7-5-16;1-10-8-22(9-19-10)12-5-4-11(6-14(12)24-3)20-16-18-7-13(23)15(17-2)21-16;9-5-8(11)6-1-3-7(10)4-2-6;1-3(5)7-8-4(2)6;1-2(4)5-3;2-1-4-3;;;;/h4-12,14H,13H2,1-3H3,(H2,26,27,29,30);4-12,14,20H,13H2,1-3H3,(H,26,28,29);4-9,23H,1-3H3,(H2,17,18,20,21);1-4H,5H2;1-2H3;1H3;1,3H;;;;/q;;;;;-1;;3*+1;-1/p-1. The van der Waals surface area contributed by atoms with E-state index in [4.69, 9.17) is 33.7 Å². The molecule has 43 heteroatoms. The number of nitrogens with one attached hydrogen (secondary N) is 5. The van der Waals surface area contributed by atoms with Crippen LogP contribution in [0.4, 0.5) is 65.5 Å². The summed E-state index contributed by atoms with van der Waals surface area (Å²) in [7, 11) is 14.5. The van der Waals surface area contributed by atoms with Crippen molar-refractivity contribution in [2.45, 2.75) is 47.6 Å². The molecule has 1 aliphatic rings. The maximum atomic E-state index is 13.3. The first-order chi connectivity index (χ1) is 57.1. The largest absolute Gasteiger partial charge is 1.00 e. The number of carbonyl (C=O) groups is 6. The molecule has 6 aromatic carbocycles. The molecule has 35 nitrogen and oxygen atoms in total. The van der Waals surface area contributed by atoms with Crippen molar-refractivity contribution in [1.29, 1.82) is 0 Å². The number of Topliss-reactive ketones (excluding diaryl/α,β-unsaturated/α-hetero) is 2. The van der Waals surface area contributed by atoms with Gasteiger partial charge in [-0.25, -0.2) is 62.4 Å². The first-order valence-electron chi connectivity index (χ1n) is 35.0. The minimum Gasteiger partial charge on any atom is -1.00 e. The van der Waals surface area contributed by atoms with Gasteiger partial charge >= 0.3 is 179 Å². The van der Waals surface area contributed by atoms with Gasteiger partial charge in [0.05, 0.1) is 104 Å². The van der Waals surface area contributed by atoms with Crippen molar-refractivity contribution in [3.05, 3.63) is 235 Å². The number of ether oxygens (including phenoxy) is 5. The summed E-state index contributed by atoms with van der Waals surface area (Å²) in [5.41, 5.74) is 9.46. The van der Waals surface area contributed by atoms with Crippen molar-refractivity contribution in [2.75, 3.05) is 92.5 Å². The summed E-state index contributed by atoms with van der Waals surface area (Å²) in [6.07, 6.45) is 15.4. The molecule has 122 heavy (non-hydrogen) atoms. The van der Waals surface area contributed by atoms with Crippen LogP contribution in [0.25, 0.3) is 17.1 Å². The molecule has 0 spiro atoms. The Hall–Kier alpha value is -9.59. The maximum absolute atomic E-state index is 13.3. The second-order valence-corrected chi connectivity index (χ2v) is 24.8. The summed E-state index contributed by atoms with van der Waals surface area (Å²) in [5, 5.41) is 33.5. The van der Waals surface area contributed by atoms with Crippen molar-refractivity contribution in [3.8, 4) is 51.6 Å². The second kappa shape index (κ2) is 54.1. The van der Waals surface area contributed by atoms with Gasteiger partial charge in [-0.15, -0.1) is 0 Å². The average molecular weight is 1990 g/mol. The predicted octanol–water partition coefficient (Wildman–Crippen LogP) is 2.69. The number of imidazole rings is 3. The third-order valence-corrected chi connectivity index (χ3v) is 16.3. The molecule has 6 N–H and O–H groups in total. The van der Waals surface area contributed by atoms with Gasteiger partial charge in [0.25, 0.3) is 6.47 Å². The maximum Gasteiger partial charge on any atom is 1.00 e. The fourth-order valence-corrected chi connectivity index (χ4v) is 10.5. The number of nitrogens with zero attached hydrogens (tertiary/aromatic N) is 13. The number of hydrogen-bond acceptors (Lipinski definition) is 32.